The summed E-state index contributed by atoms with van der Waals surface area (Å²) in [5, 5.41) is 3.80. The van der Waals surface area contributed by atoms with Crippen molar-refractivity contribution in [1.29, 1.82) is 0 Å². The largest absolute Gasteiger partial charge is 0.340 e. The number of aryl methyl sites for hydroxylation is 1. The Hall–Kier alpha value is -4.32. The second-order valence-electron chi connectivity index (χ2n) is 6.80. The van der Waals surface area contributed by atoms with E-state index >= 15 is 0 Å². The fraction of sp³-hybridized carbons (Fsp3) is 0.0476. The van der Waals surface area contributed by atoms with Crippen LogP contribution in [0.2, 0.25) is 0 Å². The third-order valence-electron chi connectivity index (χ3n) is 4.53. The number of anilines is 2. The SMILES string of the molecule is Cc1ccc(S(=O)(=O)Nc2ccccc2F)cc1C(=O)NNc1nc(-c2ccncc2)no1. The van der Waals surface area contributed by atoms with Crippen LogP contribution in [0.15, 0.2) is 76.4 Å². The summed E-state index contributed by atoms with van der Waals surface area (Å²) in [6.07, 6.45) is 3.15. The van der Waals surface area contributed by atoms with E-state index < -0.39 is 21.7 Å². The van der Waals surface area contributed by atoms with Crippen LogP contribution in [-0.2, 0) is 10.0 Å². The first-order valence-corrected chi connectivity index (χ1v) is 11.0. The number of para-hydroxylation sites is 1. The number of aromatic nitrogens is 3. The summed E-state index contributed by atoms with van der Waals surface area (Å²) in [4.78, 5) is 20.5. The van der Waals surface area contributed by atoms with Gasteiger partial charge in [-0.2, -0.15) is 4.98 Å². The number of hydrogen-bond donors (Lipinski definition) is 3. The highest BCUT2D eigenvalue weighted by Gasteiger charge is 2.20. The van der Waals surface area contributed by atoms with Gasteiger partial charge in [0.15, 0.2) is 0 Å². The molecule has 1 amide bonds. The third-order valence-corrected chi connectivity index (χ3v) is 5.89. The van der Waals surface area contributed by atoms with Gasteiger partial charge in [-0.3, -0.25) is 19.9 Å². The molecule has 2 heterocycles. The van der Waals surface area contributed by atoms with Crippen molar-refractivity contribution in [1.82, 2.24) is 20.6 Å². The van der Waals surface area contributed by atoms with Crippen LogP contribution >= 0.6 is 0 Å². The zero-order valence-electron chi connectivity index (χ0n) is 17.1. The summed E-state index contributed by atoms with van der Waals surface area (Å²) in [5.41, 5.74) is 5.94. The van der Waals surface area contributed by atoms with Gasteiger partial charge in [-0.05, 0) is 48.9 Å². The highest BCUT2D eigenvalue weighted by Crippen LogP contribution is 2.21. The average Bonchev–Trinajstić information content (AvgIpc) is 3.29. The van der Waals surface area contributed by atoms with Gasteiger partial charge in [0.05, 0.1) is 10.6 Å². The Kier molecular flexibility index (Phi) is 6.00. The molecule has 12 heteroatoms. The molecule has 2 aromatic carbocycles. The summed E-state index contributed by atoms with van der Waals surface area (Å²) in [6, 6.07) is 12.7. The Morgan fingerprint density at radius 1 is 1.06 bits per heavy atom. The molecule has 33 heavy (non-hydrogen) atoms. The van der Waals surface area contributed by atoms with Crippen LogP contribution in [0.1, 0.15) is 15.9 Å². The number of rotatable bonds is 7. The normalized spacial score (nSPS) is 11.1. The number of nitrogens with zero attached hydrogens (tertiary/aromatic N) is 3. The van der Waals surface area contributed by atoms with E-state index in [2.05, 4.69) is 30.7 Å². The Morgan fingerprint density at radius 3 is 2.58 bits per heavy atom. The molecule has 0 saturated heterocycles. The van der Waals surface area contributed by atoms with E-state index in [4.69, 9.17) is 4.52 Å². The summed E-state index contributed by atoms with van der Waals surface area (Å²) >= 11 is 0. The van der Waals surface area contributed by atoms with Crippen molar-refractivity contribution in [2.75, 3.05) is 10.1 Å². The van der Waals surface area contributed by atoms with Gasteiger partial charge in [-0.1, -0.05) is 23.4 Å². The maximum Gasteiger partial charge on any atom is 0.340 e. The molecule has 0 radical (unpaired) electrons. The topological polar surface area (TPSA) is 139 Å². The predicted molar refractivity (Wildman–Crippen MR) is 117 cm³/mol. The number of nitrogens with one attached hydrogen (secondary N) is 3. The molecule has 4 aromatic rings. The van der Waals surface area contributed by atoms with Gasteiger partial charge in [-0.25, -0.2) is 18.2 Å². The summed E-state index contributed by atoms with van der Waals surface area (Å²) in [7, 11) is -4.14. The fourth-order valence-corrected chi connectivity index (χ4v) is 3.92. The van der Waals surface area contributed by atoms with Crippen LogP contribution in [-0.4, -0.2) is 29.4 Å². The quantitative estimate of drug-likeness (QED) is 0.352. The zero-order chi connectivity index (χ0) is 23.4. The average molecular weight is 468 g/mol. The first kappa shape index (κ1) is 21.9. The van der Waals surface area contributed by atoms with Crippen molar-refractivity contribution >= 4 is 27.6 Å². The van der Waals surface area contributed by atoms with Crippen molar-refractivity contribution in [2.45, 2.75) is 11.8 Å². The number of benzene rings is 2. The molecule has 0 unspecified atom stereocenters. The lowest BCUT2D eigenvalue weighted by Gasteiger charge is -2.12. The van der Waals surface area contributed by atoms with Gasteiger partial charge >= 0.3 is 6.01 Å². The molecule has 0 aliphatic heterocycles. The molecule has 3 N–H and O–H groups in total. The lowest BCUT2D eigenvalue weighted by molar-refractivity contribution is 0.0960. The van der Waals surface area contributed by atoms with E-state index in [0.717, 1.165) is 6.07 Å². The highest BCUT2D eigenvalue weighted by atomic mass is 32.2. The van der Waals surface area contributed by atoms with Crippen molar-refractivity contribution < 1.29 is 22.1 Å². The smallest absolute Gasteiger partial charge is 0.313 e. The maximum atomic E-state index is 13.9. The monoisotopic (exact) mass is 468 g/mol. The van der Waals surface area contributed by atoms with Gasteiger partial charge in [-0.15, -0.1) is 0 Å². The van der Waals surface area contributed by atoms with Crippen molar-refractivity contribution in [3.05, 3.63) is 83.9 Å². The van der Waals surface area contributed by atoms with Crippen molar-refractivity contribution in [2.24, 2.45) is 0 Å². The van der Waals surface area contributed by atoms with E-state index in [1.807, 2.05) is 0 Å². The minimum absolute atomic E-state index is 0.0715. The number of carbonyl (C=O) groups excluding carboxylic acids is 1. The standard InChI is InChI=1S/C21H17FN6O4S/c1-13-6-7-15(33(30,31)28-18-5-3-2-4-17(18)22)12-16(13)20(29)25-26-21-24-19(27-32-21)14-8-10-23-11-9-14/h2-12,28H,1H3,(H,25,29)(H,24,26,27). The number of sulfonamides is 1. The Bertz CT molecular complexity index is 1410. The van der Waals surface area contributed by atoms with Crippen LogP contribution in [0, 0.1) is 12.7 Å². The minimum Gasteiger partial charge on any atom is -0.313 e. The highest BCUT2D eigenvalue weighted by molar-refractivity contribution is 7.92. The first-order valence-electron chi connectivity index (χ1n) is 9.52. The van der Waals surface area contributed by atoms with Gasteiger partial charge in [0.2, 0.25) is 5.82 Å². The molecule has 0 aliphatic rings. The molecule has 0 spiro atoms. The van der Waals surface area contributed by atoms with E-state index in [9.17, 15) is 17.6 Å². The molecule has 0 fully saturated rings. The summed E-state index contributed by atoms with van der Waals surface area (Å²) < 4.78 is 46.5. The molecule has 0 atom stereocenters. The van der Waals surface area contributed by atoms with Crippen LogP contribution < -0.4 is 15.6 Å². The second-order valence-corrected chi connectivity index (χ2v) is 8.48. The van der Waals surface area contributed by atoms with Gasteiger partial charge in [0.1, 0.15) is 5.82 Å². The summed E-state index contributed by atoms with van der Waals surface area (Å²) in [6.45, 7) is 1.64. The minimum atomic E-state index is -4.14. The van der Waals surface area contributed by atoms with Gasteiger partial charge in [0, 0.05) is 23.5 Å². The van der Waals surface area contributed by atoms with Crippen molar-refractivity contribution in [3.63, 3.8) is 0 Å². The molecule has 4 rings (SSSR count). The van der Waals surface area contributed by atoms with Crippen LogP contribution in [0.4, 0.5) is 16.1 Å². The molecule has 0 bridgehead atoms. The lowest BCUT2D eigenvalue weighted by Crippen LogP contribution is -2.30. The predicted octanol–water partition coefficient (Wildman–Crippen LogP) is 3.14. The van der Waals surface area contributed by atoms with E-state index in [1.54, 1.807) is 31.5 Å². The van der Waals surface area contributed by atoms with Crippen LogP contribution in [0.3, 0.4) is 0 Å². The molecule has 0 aliphatic carbocycles. The molecule has 168 valence electrons. The van der Waals surface area contributed by atoms with E-state index in [-0.39, 0.29) is 28.0 Å². The van der Waals surface area contributed by atoms with E-state index in [0.29, 0.717) is 11.1 Å². The number of pyridine rings is 1. The first-order chi connectivity index (χ1) is 15.8. The van der Waals surface area contributed by atoms with Crippen LogP contribution in [0.25, 0.3) is 11.4 Å². The number of amides is 1. The fourth-order valence-electron chi connectivity index (χ4n) is 2.83. The number of hydrazine groups is 1. The lowest BCUT2D eigenvalue weighted by atomic mass is 10.1. The summed E-state index contributed by atoms with van der Waals surface area (Å²) in [5.74, 6) is -1.07. The molecular formula is C21H17FN6O4S. The Balaban J connectivity index is 1.49. The van der Waals surface area contributed by atoms with Gasteiger partial charge in [0.25, 0.3) is 15.9 Å². The molecular weight excluding hydrogens is 451 g/mol. The molecule has 10 nitrogen and oxygen atoms in total. The number of carbonyl (C=O) groups is 1. The third kappa shape index (κ3) is 4.96. The van der Waals surface area contributed by atoms with Gasteiger partial charge < -0.3 is 4.52 Å². The zero-order valence-corrected chi connectivity index (χ0v) is 17.9. The van der Waals surface area contributed by atoms with Crippen LogP contribution in [0.5, 0.6) is 0 Å². The number of halogens is 1. The second kappa shape index (κ2) is 9.04. The van der Waals surface area contributed by atoms with Crippen molar-refractivity contribution in [3.8, 4) is 11.4 Å². The maximum absolute atomic E-state index is 13.9. The Morgan fingerprint density at radius 2 is 1.82 bits per heavy atom. The van der Waals surface area contributed by atoms with E-state index in [1.165, 1.54) is 36.4 Å². The molecule has 0 saturated carbocycles. The molecule has 2 aromatic heterocycles. The number of hydrogen-bond acceptors (Lipinski definition) is 8. The Labute approximate surface area is 187 Å².